The molecule has 0 amide bonds. The Labute approximate surface area is 395 Å². The van der Waals surface area contributed by atoms with Crippen molar-refractivity contribution in [1.29, 1.82) is 0 Å². The zero-order chi connectivity index (χ0) is 46.2. The van der Waals surface area contributed by atoms with Crippen LogP contribution in [-0.4, -0.2) is 9.13 Å². The van der Waals surface area contributed by atoms with Gasteiger partial charge in [0.25, 0.3) is 0 Å². The number of rotatable bonds is 9. The maximum atomic E-state index is 2.63. The second-order valence-corrected chi connectivity index (χ2v) is 20.4. The summed E-state index contributed by atoms with van der Waals surface area (Å²) < 4.78 is 5.10. The summed E-state index contributed by atoms with van der Waals surface area (Å²) in [5.41, 5.74) is 18.8. The van der Waals surface area contributed by atoms with Gasteiger partial charge in [0.1, 0.15) is 0 Å². The minimum Gasteiger partial charge on any atom is -0.309 e. The zero-order valence-electron chi connectivity index (χ0n) is 40.0. The fourth-order valence-electron chi connectivity index (χ4n) is 11.0. The Bertz CT molecular complexity index is 3510. The van der Waals surface area contributed by atoms with E-state index in [1.54, 1.807) is 0 Å². The van der Waals surface area contributed by atoms with Crippen LogP contribution in [0.5, 0.6) is 0 Å². The maximum absolute atomic E-state index is 2.63. The number of aromatic nitrogens is 2. The van der Waals surface area contributed by atoms with E-state index in [4.69, 9.17) is 0 Å². The van der Waals surface area contributed by atoms with Crippen LogP contribution in [0.15, 0.2) is 206 Å². The lowest BCUT2D eigenvalue weighted by Crippen LogP contribution is -2.30. The molecule has 328 valence electrons. The molecule has 0 radical (unpaired) electrons. The minimum atomic E-state index is -0.396. The van der Waals surface area contributed by atoms with Crippen LogP contribution in [0.4, 0.5) is 0 Å². The van der Waals surface area contributed by atoms with Gasteiger partial charge in [-0.15, -0.1) is 0 Å². The Morgan fingerprint density at radius 1 is 0.299 bits per heavy atom. The van der Waals surface area contributed by atoms with Gasteiger partial charge in [-0.2, -0.15) is 0 Å². The third kappa shape index (κ3) is 6.92. The molecule has 0 aliphatic heterocycles. The van der Waals surface area contributed by atoms with E-state index in [9.17, 15) is 0 Å². The highest BCUT2D eigenvalue weighted by molar-refractivity contribution is 6.13. The van der Waals surface area contributed by atoms with Gasteiger partial charge in [-0.1, -0.05) is 204 Å². The van der Waals surface area contributed by atoms with E-state index in [0.717, 1.165) is 5.69 Å². The molecule has 0 saturated carbocycles. The van der Waals surface area contributed by atoms with Gasteiger partial charge in [0.05, 0.1) is 27.8 Å². The number of nitrogens with zero attached hydrogens (tertiary/aromatic N) is 2. The second-order valence-electron chi connectivity index (χ2n) is 20.4. The van der Waals surface area contributed by atoms with Crippen LogP contribution in [0.25, 0.3) is 66.1 Å². The quantitative estimate of drug-likeness (QED) is 0.137. The zero-order valence-corrected chi connectivity index (χ0v) is 40.0. The van der Waals surface area contributed by atoms with E-state index in [1.807, 2.05) is 0 Å². The van der Waals surface area contributed by atoms with Crippen molar-refractivity contribution < 1.29 is 0 Å². The lowest BCUT2D eigenvalue weighted by molar-refractivity contribution is 0.591. The summed E-state index contributed by atoms with van der Waals surface area (Å²) in [7, 11) is 0. The van der Waals surface area contributed by atoms with E-state index in [-0.39, 0.29) is 5.41 Å². The molecule has 2 heterocycles. The topological polar surface area (TPSA) is 9.86 Å². The average molecular weight is 867 g/mol. The fraction of sp³-hybridized carbons (Fsp3) is 0.169. The molecule has 0 N–H and O–H groups in total. The van der Waals surface area contributed by atoms with Crippen LogP contribution < -0.4 is 0 Å². The third-order valence-electron chi connectivity index (χ3n) is 15.1. The first-order valence-electron chi connectivity index (χ1n) is 23.8. The summed E-state index contributed by atoms with van der Waals surface area (Å²) in [6.07, 6.45) is 0. The monoisotopic (exact) mass is 866 g/mol. The molecule has 0 saturated heterocycles. The summed E-state index contributed by atoms with van der Waals surface area (Å²) in [6.45, 7) is 18.9. The maximum Gasteiger partial charge on any atom is 0.0544 e. The molecule has 0 aliphatic rings. The van der Waals surface area contributed by atoms with Crippen LogP contribution in [-0.2, 0) is 16.2 Å². The van der Waals surface area contributed by atoms with Gasteiger partial charge in [0.2, 0.25) is 0 Å². The first-order chi connectivity index (χ1) is 32.3. The van der Waals surface area contributed by atoms with Crippen LogP contribution in [0.3, 0.4) is 0 Å². The molecular weight excluding hydrogens is 809 g/mol. The van der Waals surface area contributed by atoms with E-state index < -0.39 is 10.8 Å². The summed E-state index contributed by atoms with van der Waals surface area (Å²) in [4.78, 5) is 0. The first kappa shape index (κ1) is 42.2. The smallest absolute Gasteiger partial charge is 0.0544 e. The van der Waals surface area contributed by atoms with Gasteiger partial charge < -0.3 is 9.13 Å². The van der Waals surface area contributed by atoms with Gasteiger partial charge in [0, 0.05) is 43.5 Å². The molecule has 0 aliphatic carbocycles. The Balaban J connectivity index is 1.29. The van der Waals surface area contributed by atoms with Crippen LogP contribution in [0.2, 0.25) is 0 Å². The van der Waals surface area contributed by atoms with Gasteiger partial charge in [-0.3, -0.25) is 0 Å². The van der Waals surface area contributed by atoms with Crippen LogP contribution >= 0.6 is 0 Å². The summed E-state index contributed by atoms with van der Waals surface area (Å²) in [5.74, 6) is 0. The highest BCUT2D eigenvalue weighted by atomic mass is 15.0. The van der Waals surface area contributed by atoms with Gasteiger partial charge >= 0.3 is 0 Å². The molecule has 0 bridgehead atoms. The normalized spacial score (nSPS) is 12.5. The van der Waals surface area contributed by atoms with Crippen molar-refractivity contribution >= 4 is 43.6 Å². The Kier molecular flexibility index (Phi) is 10.0. The molecule has 0 atom stereocenters. The molecule has 0 unspecified atom stereocenters. The molecule has 9 aromatic carbocycles. The van der Waals surface area contributed by atoms with Crippen molar-refractivity contribution in [2.24, 2.45) is 0 Å². The van der Waals surface area contributed by atoms with Crippen molar-refractivity contribution in [3.05, 3.63) is 251 Å². The predicted molar refractivity (Wildman–Crippen MR) is 286 cm³/mol. The Morgan fingerprint density at radius 3 is 1.18 bits per heavy atom. The van der Waals surface area contributed by atoms with Crippen molar-refractivity contribution in [2.45, 2.75) is 71.6 Å². The van der Waals surface area contributed by atoms with E-state index in [1.165, 1.54) is 105 Å². The van der Waals surface area contributed by atoms with E-state index >= 15 is 0 Å². The molecule has 67 heavy (non-hydrogen) atoms. The van der Waals surface area contributed by atoms with Gasteiger partial charge in [-0.05, 0) is 113 Å². The fourth-order valence-corrected chi connectivity index (χ4v) is 11.0. The SMILES string of the molecule is Cc1ccc2c(c1)c1cc(C)ccc1n2-c1ccc2c(c1)c1cc(-c3ccccc3)ccc1n2-c1c(C(C)(C)c2ccccc2)cc(C(C)(C)c2ccccc2)cc1C(C)(C)c1ccccc1. The van der Waals surface area contributed by atoms with Crippen LogP contribution in [0.1, 0.15) is 86.1 Å². The number of hydrogen-bond acceptors (Lipinski definition) is 0. The van der Waals surface area contributed by atoms with Gasteiger partial charge in [-0.25, -0.2) is 0 Å². The van der Waals surface area contributed by atoms with Crippen molar-refractivity contribution in [1.82, 2.24) is 9.13 Å². The molecule has 11 rings (SSSR count). The highest BCUT2D eigenvalue weighted by Crippen LogP contribution is 2.49. The predicted octanol–water partition coefficient (Wildman–Crippen LogP) is 17.1. The number of benzene rings is 9. The van der Waals surface area contributed by atoms with E-state index in [0.29, 0.717) is 0 Å². The molecule has 11 aromatic rings. The lowest BCUT2D eigenvalue weighted by atomic mass is 9.68. The Morgan fingerprint density at radius 2 is 0.687 bits per heavy atom. The molecule has 2 nitrogen and oxygen atoms in total. The van der Waals surface area contributed by atoms with Crippen molar-refractivity contribution in [2.75, 3.05) is 0 Å². The van der Waals surface area contributed by atoms with Crippen molar-refractivity contribution in [3.63, 3.8) is 0 Å². The Hall–Kier alpha value is -7.42. The average Bonchev–Trinajstić information content (AvgIpc) is 3.85. The summed E-state index contributed by atoms with van der Waals surface area (Å²) in [6, 6.07) is 77.3. The summed E-state index contributed by atoms with van der Waals surface area (Å²) >= 11 is 0. The number of hydrogen-bond donors (Lipinski definition) is 0. The third-order valence-corrected chi connectivity index (χ3v) is 15.1. The van der Waals surface area contributed by atoms with Gasteiger partial charge in [0.15, 0.2) is 0 Å². The molecule has 0 spiro atoms. The molecule has 2 aromatic heterocycles. The standard InChI is InChI=1S/C65H58N2/c1-43-29-33-58-52(37-43)53-38-44(2)30-34-59(53)66(58)51-32-36-61-55(42-51)54-39-46(45-21-13-9-14-22-45)31-35-60(54)67(61)62-56(64(5,6)48-25-17-11-18-26-48)40-50(63(3,4)47-23-15-10-16-24-47)41-57(62)65(7,8)49-27-19-12-20-28-49/h9-42H,1-8H3. The van der Waals surface area contributed by atoms with Crippen molar-refractivity contribution in [3.8, 4) is 22.5 Å². The largest absolute Gasteiger partial charge is 0.309 e. The lowest BCUT2D eigenvalue weighted by Gasteiger charge is -2.38. The molecule has 0 fully saturated rings. The molecular formula is C65H58N2. The van der Waals surface area contributed by atoms with Crippen LogP contribution in [0, 0.1) is 13.8 Å². The second kappa shape index (κ2) is 15.9. The minimum absolute atomic E-state index is 0.289. The summed E-state index contributed by atoms with van der Waals surface area (Å²) in [5, 5.41) is 5.02. The highest BCUT2D eigenvalue weighted by Gasteiger charge is 2.37. The first-order valence-corrected chi connectivity index (χ1v) is 23.8. The number of aryl methyl sites for hydroxylation is 2. The number of fused-ring (bicyclic) bond motifs is 6. The van der Waals surface area contributed by atoms with E-state index in [2.05, 4.69) is 271 Å². The molecule has 2 heteroatoms.